The van der Waals surface area contributed by atoms with Crippen LogP contribution < -0.4 is 5.73 Å². The summed E-state index contributed by atoms with van der Waals surface area (Å²) in [7, 11) is 0. The van der Waals surface area contributed by atoms with Crippen molar-refractivity contribution in [3.05, 3.63) is 35.9 Å². The Hall–Kier alpha value is -0.860. The maximum atomic E-state index is 7.12. The molecule has 5 rings (SSSR count). The van der Waals surface area contributed by atoms with E-state index in [0.29, 0.717) is 11.5 Å². The van der Waals surface area contributed by atoms with Gasteiger partial charge in [0, 0.05) is 17.0 Å². The van der Waals surface area contributed by atoms with Crippen LogP contribution in [0, 0.1) is 5.92 Å². The van der Waals surface area contributed by atoms with Gasteiger partial charge < -0.3 is 5.73 Å². The molecule has 2 nitrogen and oxygen atoms in total. The lowest BCUT2D eigenvalue weighted by atomic mass is 9.59. The average Bonchev–Trinajstić information content (AvgIpc) is 3.27. The minimum atomic E-state index is -0.00907. The van der Waals surface area contributed by atoms with Gasteiger partial charge in [-0.25, -0.2) is 0 Å². The highest BCUT2D eigenvalue weighted by Crippen LogP contribution is 2.62. The van der Waals surface area contributed by atoms with Crippen molar-refractivity contribution in [1.82, 2.24) is 4.90 Å². The van der Waals surface area contributed by atoms with Gasteiger partial charge in [-0.1, -0.05) is 37.3 Å². The smallest absolute Gasteiger partial charge is 0.0437 e. The predicted molar refractivity (Wildman–Crippen MR) is 78.0 cm³/mol. The average molecular weight is 256 g/mol. The van der Waals surface area contributed by atoms with Crippen LogP contribution in [-0.4, -0.2) is 29.1 Å². The summed E-state index contributed by atoms with van der Waals surface area (Å²) in [4.78, 5) is 2.71. The monoisotopic (exact) mass is 256 g/mol. The van der Waals surface area contributed by atoms with Crippen LogP contribution in [0.5, 0.6) is 0 Å². The quantitative estimate of drug-likeness (QED) is 0.881. The molecule has 102 valence electrons. The Morgan fingerprint density at radius 2 is 1.79 bits per heavy atom. The van der Waals surface area contributed by atoms with Crippen molar-refractivity contribution in [2.75, 3.05) is 13.1 Å². The summed E-state index contributed by atoms with van der Waals surface area (Å²) in [5.41, 5.74) is 8.87. The largest absolute Gasteiger partial charge is 0.323 e. The molecule has 3 saturated heterocycles. The van der Waals surface area contributed by atoms with Gasteiger partial charge in [-0.15, -0.1) is 0 Å². The number of fused-ring (bicyclic) bond motifs is 2. The topological polar surface area (TPSA) is 29.3 Å². The first-order chi connectivity index (χ1) is 9.18. The van der Waals surface area contributed by atoms with Gasteiger partial charge in [0.15, 0.2) is 0 Å². The molecule has 1 unspecified atom stereocenters. The summed E-state index contributed by atoms with van der Waals surface area (Å²) >= 11 is 0. The highest BCUT2D eigenvalue weighted by molar-refractivity contribution is 5.34. The molecule has 0 amide bonds. The molecule has 3 heterocycles. The number of hydrogen-bond acceptors (Lipinski definition) is 2. The van der Waals surface area contributed by atoms with Gasteiger partial charge in [-0.05, 0) is 50.3 Å². The second-order valence-corrected chi connectivity index (χ2v) is 6.86. The van der Waals surface area contributed by atoms with Crippen LogP contribution in [0.4, 0.5) is 0 Å². The zero-order valence-electron chi connectivity index (χ0n) is 11.8. The first-order valence-electron chi connectivity index (χ1n) is 7.77. The predicted octanol–water partition coefficient (Wildman–Crippen LogP) is 2.75. The second-order valence-electron chi connectivity index (χ2n) is 6.86. The maximum Gasteiger partial charge on any atom is 0.0437 e. The number of benzene rings is 1. The first kappa shape index (κ1) is 11.9. The third kappa shape index (κ3) is 1.39. The normalized spacial score (nSPS) is 40.3. The molecule has 2 atom stereocenters. The Morgan fingerprint density at radius 1 is 1.16 bits per heavy atom. The molecule has 1 aromatic rings. The molecule has 1 aromatic carbocycles. The number of hydrogen-bond donors (Lipinski definition) is 1. The molecule has 2 N–H and O–H groups in total. The Labute approximate surface area is 116 Å². The lowest BCUT2D eigenvalue weighted by Crippen LogP contribution is -2.74. The van der Waals surface area contributed by atoms with E-state index in [0.717, 1.165) is 5.92 Å². The number of nitrogens with zero attached hydrogens (tertiary/aromatic N) is 1. The minimum Gasteiger partial charge on any atom is -0.323 e. The molecular formula is C17H24N2. The third-order valence-electron chi connectivity index (χ3n) is 6.32. The minimum absolute atomic E-state index is 0.00907. The fourth-order valence-corrected chi connectivity index (χ4v) is 5.08. The molecule has 1 saturated carbocycles. The van der Waals surface area contributed by atoms with Crippen molar-refractivity contribution >= 4 is 0 Å². The van der Waals surface area contributed by atoms with E-state index in [-0.39, 0.29) is 5.54 Å². The van der Waals surface area contributed by atoms with Crippen molar-refractivity contribution in [3.63, 3.8) is 0 Å². The highest BCUT2D eigenvalue weighted by atomic mass is 15.3. The summed E-state index contributed by atoms with van der Waals surface area (Å²) in [5.74, 6) is 1.18. The van der Waals surface area contributed by atoms with Crippen LogP contribution in [0.3, 0.4) is 0 Å². The van der Waals surface area contributed by atoms with Crippen LogP contribution in [-0.2, 0) is 0 Å². The van der Waals surface area contributed by atoms with E-state index in [4.69, 9.17) is 5.73 Å². The van der Waals surface area contributed by atoms with Gasteiger partial charge in [0.2, 0.25) is 0 Å². The third-order valence-corrected chi connectivity index (χ3v) is 6.32. The van der Waals surface area contributed by atoms with Crippen molar-refractivity contribution < 1.29 is 0 Å². The van der Waals surface area contributed by atoms with Gasteiger partial charge in [0.25, 0.3) is 0 Å². The lowest BCUT2D eigenvalue weighted by molar-refractivity contribution is -0.0574. The zero-order chi connectivity index (χ0) is 13.1. The van der Waals surface area contributed by atoms with E-state index in [9.17, 15) is 0 Å². The SMILES string of the molecule is C[C@@H](c1ccccc1)C1(N)C2CCN(CC2)C12CC2. The van der Waals surface area contributed by atoms with Crippen LogP contribution >= 0.6 is 0 Å². The summed E-state index contributed by atoms with van der Waals surface area (Å²) in [5, 5.41) is 0. The van der Waals surface area contributed by atoms with Gasteiger partial charge in [-0.2, -0.15) is 0 Å². The van der Waals surface area contributed by atoms with Gasteiger partial charge >= 0.3 is 0 Å². The highest BCUT2D eigenvalue weighted by Gasteiger charge is 2.69. The summed E-state index contributed by atoms with van der Waals surface area (Å²) < 4.78 is 0. The van der Waals surface area contributed by atoms with Crippen molar-refractivity contribution in [1.29, 1.82) is 0 Å². The Kier molecular flexibility index (Phi) is 2.40. The Balaban J connectivity index is 1.76. The summed E-state index contributed by atoms with van der Waals surface area (Å²) in [6, 6.07) is 10.9. The van der Waals surface area contributed by atoms with E-state index in [2.05, 4.69) is 42.2 Å². The van der Waals surface area contributed by atoms with Gasteiger partial charge in [0.1, 0.15) is 0 Å². The van der Waals surface area contributed by atoms with E-state index in [1.54, 1.807) is 0 Å². The van der Waals surface area contributed by atoms with Gasteiger partial charge in [-0.3, -0.25) is 4.90 Å². The number of nitrogens with two attached hydrogens (primary N) is 1. The molecule has 19 heavy (non-hydrogen) atoms. The maximum absolute atomic E-state index is 7.12. The summed E-state index contributed by atoms with van der Waals surface area (Å²) in [6.45, 7) is 4.92. The fourth-order valence-electron chi connectivity index (χ4n) is 5.08. The molecule has 4 fully saturated rings. The van der Waals surface area contributed by atoms with E-state index in [1.807, 2.05) is 0 Å². The molecule has 2 heteroatoms. The molecular weight excluding hydrogens is 232 g/mol. The lowest BCUT2D eigenvalue weighted by Gasteiger charge is -2.61. The Morgan fingerprint density at radius 3 is 2.37 bits per heavy atom. The van der Waals surface area contributed by atoms with Crippen LogP contribution in [0.15, 0.2) is 30.3 Å². The van der Waals surface area contributed by atoms with Gasteiger partial charge in [0.05, 0.1) is 0 Å². The van der Waals surface area contributed by atoms with Crippen molar-refractivity contribution in [2.24, 2.45) is 11.7 Å². The summed E-state index contributed by atoms with van der Waals surface area (Å²) in [6.07, 6.45) is 5.24. The van der Waals surface area contributed by atoms with E-state index in [1.165, 1.54) is 44.3 Å². The molecule has 3 aliphatic heterocycles. The molecule has 0 aromatic heterocycles. The molecule has 4 aliphatic rings. The first-order valence-corrected chi connectivity index (χ1v) is 7.77. The molecule has 1 aliphatic carbocycles. The van der Waals surface area contributed by atoms with E-state index >= 15 is 0 Å². The second kappa shape index (κ2) is 3.83. The van der Waals surface area contributed by atoms with Crippen molar-refractivity contribution in [2.45, 2.75) is 49.6 Å². The molecule has 0 radical (unpaired) electrons. The molecule has 2 bridgehead atoms. The van der Waals surface area contributed by atoms with Crippen molar-refractivity contribution in [3.8, 4) is 0 Å². The number of rotatable bonds is 2. The molecule has 1 spiro atoms. The fraction of sp³-hybridized carbons (Fsp3) is 0.647. The van der Waals surface area contributed by atoms with Crippen LogP contribution in [0.25, 0.3) is 0 Å². The van der Waals surface area contributed by atoms with Crippen LogP contribution in [0.1, 0.15) is 44.1 Å². The van der Waals surface area contributed by atoms with E-state index < -0.39 is 0 Å². The Bertz CT molecular complexity index is 471. The van der Waals surface area contributed by atoms with Crippen LogP contribution in [0.2, 0.25) is 0 Å². The standard InChI is InChI=1S/C17H24N2/c1-13(14-5-3-2-4-6-14)17(18)15-7-11-19(12-8-15)16(17)9-10-16/h2-6,13,15H,7-12,18H2,1H3/t13-,17?/m0/s1. The zero-order valence-corrected chi connectivity index (χ0v) is 11.8. The number of piperidine rings is 3.